The van der Waals surface area contributed by atoms with Gasteiger partial charge in [0.2, 0.25) is 0 Å². The number of hydrogen-bond acceptors (Lipinski definition) is 3. The zero-order valence-electron chi connectivity index (χ0n) is 9.90. The van der Waals surface area contributed by atoms with Crippen LogP contribution in [-0.4, -0.2) is 20.8 Å². The molecule has 0 spiro atoms. The van der Waals surface area contributed by atoms with Gasteiger partial charge in [0.1, 0.15) is 12.4 Å². The van der Waals surface area contributed by atoms with Gasteiger partial charge in [-0.05, 0) is 17.7 Å². The van der Waals surface area contributed by atoms with E-state index in [-0.39, 0.29) is 0 Å². The number of benzene rings is 1. The van der Waals surface area contributed by atoms with Crippen molar-refractivity contribution in [1.29, 1.82) is 0 Å². The van der Waals surface area contributed by atoms with E-state index in [1.54, 1.807) is 38.5 Å². The Labute approximate surface area is 106 Å². The highest BCUT2D eigenvalue weighted by Gasteiger charge is 2.03. The van der Waals surface area contributed by atoms with Crippen LogP contribution >= 0.6 is 11.6 Å². The zero-order valence-corrected chi connectivity index (χ0v) is 10.7. The average Bonchev–Trinajstić information content (AvgIpc) is 2.35. The van der Waals surface area contributed by atoms with Crippen LogP contribution in [0.2, 0.25) is 5.02 Å². The molecule has 0 aliphatic carbocycles. The Bertz CT molecular complexity index is 407. The summed E-state index contributed by atoms with van der Waals surface area (Å²) in [5.41, 5.74) is 0.875. The van der Waals surface area contributed by atoms with E-state index in [1.807, 2.05) is 6.07 Å². The molecule has 0 unspecified atom stereocenters. The molecule has 17 heavy (non-hydrogen) atoms. The lowest BCUT2D eigenvalue weighted by Gasteiger charge is -2.07. The molecule has 0 radical (unpaired) electrons. The van der Waals surface area contributed by atoms with E-state index in [0.29, 0.717) is 23.3 Å². The van der Waals surface area contributed by atoms with Crippen molar-refractivity contribution in [2.75, 3.05) is 20.8 Å². The van der Waals surface area contributed by atoms with E-state index in [1.165, 1.54) is 0 Å². The molecule has 0 N–H and O–H groups in total. The van der Waals surface area contributed by atoms with E-state index in [2.05, 4.69) is 6.58 Å². The molecule has 0 saturated carbocycles. The molecule has 0 saturated heterocycles. The summed E-state index contributed by atoms with van der Waals surface area (Å²) in [4.78, 5) is 0. The Hall–Kier alpha value is -1.61. The van der Waals surface area contributed by atoms with Crippen LogP contribution < -0.4 is 4.74 Å². The summed E-state index contributed by atoms with van der Waals surface area (Å²) in [6, 6.07) is 5.43. The standard InChI is InChI=1S/C13H15ClO3/c1-4-7-17-12-6-5-10(8-11(12)14)9-13(15-2)16-3/h4-6,8-9H,1,7H2,2-3H3. The van der Waals surface area contributed by atoms with Crippen molar-refractivity contribution in [2.24, 2.45) is 0 Å². The fourth-order valence-electron chi connectivity index (χ4n) is 1.21. The molecule has 1 rings (SSSR count). The van der Waals surface area contributed by atoms with Crippen LogP contribution in [0.15, 0.2) is 36.8 Å². The molecule has 1 aromatic carbocycles. The van der Waals surface area contributed by atoms with Crippen molar-refractivity contribution in [3.8, 4) is 5.75 Å². The summed E-state index contributed by atoms with van der Waals surface area (Å²) in [7, 11) is 3.08. The van der Waals surface area contributed by atoms with Crippen LogP contribution in [0.4, 0.5) is 0 Å². The predicted molar refractivity (Wildman–Crippen MR) is 69.1 cm³/mol. The molecular weight excluding hydrogens is 240 g/mol. The fraction of sp³-hybridized carbons (Fsp3) is 0.231. The summed E-state index contributed by atoms with van der Waals surface area (Å²) in [5.74, 6) is 1.04. The van der Waals surface area contributed by atoms with E-state index in [9.17, 15) is 0 Å². The first kappa shape index (κ1) is 13.5. The van der Waals surface area contributed by atoms with Crippen molar-refractivity contribution in [3.05, 3.63) is 47.4 Å². The van der Waals surface area contributed by atoms with Crippen molar-refractivity contribution < 1.29 is 14.2 Å². The second-order valence-corrected chi connectivity index (χ2v) is 3.57. The van der Waals surface area contributed by atoms with Crippen LogP contribution in [0.5, 0.6) is 5.75 Å². The maximum atomic E-state index is 6.06. The van der Waals surface area contributed by atoms with Gasteiger partial charge in [-0.3, -0.25) is 0 Å². The number of ether oxygens (including phenoxy) is 3. The molecule has 92 valence electrons. The molecule has 0 aliphatic heterocycles. The van der Waals surface area contributed by atoms with Crippen molar-refractivity contribution in [1.82, 2.24) is 0 Å². The second kappa shape index (κ2) is 6.86. The molecule has 0 fully saturated rings. The number of halogens is 1. The first-order chi connectivity index (χ1) is 8.21. The first-order valence-electron chi connectivity index (χ1n) is 5.04. The van der Waals surface area contributed by atoms with Crippen LogP contribution in [-0.2, 0) is 9.47 Å². The van der Waals surface area contributed by atoms with Gasteiger partial charge in [-0.1, -0.05) is 30.3 Å². The summed E-state index contributed by atoms with van der Waals surface area (Å²) >= 11 is 6.06. The summed E-state index contributed by atoms with van der Waals surface area (Å²) < 4.78 is 15.3. The molecule has 0 aliphatic rings. The molecular formula is C13H15ClO3. The third kappa shape index (κ3) is 4.04. The third-order valence-corrected chi connectivity index (χ3v) is 2.29. The lowest BCUT2D eigenvalue weighted by molar-refractivity contribution is 0.1000. The molecule has 0 aromatic heterocycles. The lowest BCUT2D eigenvalue weighted by atomic mass is 10.2. The Morgan fingerprint density at radius 2 is 2.06 bits per heavy atom. The van der Waals surface area contributed by atoms with E-state index in [0.717, 1.165) is 5.56 Å². The molecule has 0 amide bonds. The second-order valence-electron chi connectivity index (χ2n) is 3.16. The highest BCUT2D eigenvalue weighted by molar-refractivity contribution is 6.32. The van der Waals surface area contributed by atoms with Gasteiger partial charge in [0.05, 0.1) is 19.2 Å². The maximum absolute atomic E-state index is 6.06. The van der Waals surface area contributed by atoms with Crippen molar-refractivity contribution >= 4 is 17.7 Å². The molecule has 0 heterocycles. The van der Waals surface area contributed by atoms with Gasteiger partial charge >= 0.3 is 0 Å². The van der Waals surface area contributed by atoms with E-state index < -0.39 is 0 Å². The molecule has 4 heteroatoms. The zero-order chi connectivity index (χ0) is 12.7. The van der Waals surface area contributed by atoms with Gasteiger partial charge in [0, 0.05) is 6.08 Å². The third-order valence-electron chi connectivity index (χ3n) is 2.00. The molecule has 1 aromatic rings. The quantitative estimate of drug-likeness (QED) is 0.574. The smallest absolute Gasteiger partial charge is 0.279 e. The maximum Gasteiger partial charge on any atom is 0.279 e. The Kier molecular flexibility index (Phi) is 5.43. The molecule has 0 bridgehead atoms. The topological polar surface area (TPSA) is 27.7 Å². The Morgan fingerprint density at radius 1 is 1.35 bits per heavy atom. The highest BCUT2D eigenvalue weighted by atomic mass is 35.5. The van der Waals surface area contributed by atoms with Crippen LogP contribution in [0.3, 0.4) is 0 Å². The minimum Gasteiger partial charge on any atom is -0.488 e. The first-order valence-corrected chi connectivity index (χ1v) is 5.42. The van der Waals surface area contributed by atoms with Crippen molar-refractivity contribution in [3.63, 3.8) is 0 Å². The normalized spacial score (nSPS) is 9.35. The number of methoxy groups -OCH3 is 2. The monoisotopic (exact) mass is 254 g/mol. The van der Waals surface area contributed by atoms with Gasteiger partial charge in [-0.25, -0.2) is 0 Å². The SMILES string of the molecule is C=CCOc1ccc(C=C(OC)OC)cc1Cl. The summed E-state index contributed by atoms with van der Waals surface area (Å²) in [6.45, 7) is 4.00. The highest BCUT2D eigenvalue weighted by Crippen LogP contribution is 2.26. The summed E-state index contributed by atoms with van der Waals surface area (Å²) in [6.07, 6.45) is 3.40. The van der Waals surface area contributed by atoms with Gasteiger partial charge in [-0.15, -0.1) is 0 Å². The van der Waals surface area contributed by atoms with Crippen LogP contribution in [0.1, 0.15) is 5.56 Å². The Morgan fingerprint density at radius 3 is 2.59 bits per heavy atom. The predicted octanol–water partition coefficient (Wildman–Crippen LogP) is 3.50. The van der Waals surface area contributed by atoms with Crippen molar-refractivity contribution in [2.45, 2.75) is 0 Å². The van der Waals surface area contributed by atoms with Gasteiger partial charge in [0.15, 0.2) is 0 Å². The van der Waals surface area contributed by atoms with Gasteiger partial charge in [0.25, 0.3) is 5.95 Å². The van der Waals surface area contributed by atoms with Crippen LogP contribution in [0, 0.1) is 0 Å². The van der Waals surface area contributed by atoms with Gasteiger partial charge in [-0.2, -0.15) is 0 Å². The molecule has 3 nitrogen and oxygen atoms in total. The molecule has 0 atom stereocenters. The lowest BCUT2D eigenvalue weighted by Crippen LogP contribution is -1.94. The summed E-state index contributed by atoms with van der Waals surface area (Å²) in [5, 5.41) is 0.534. The van der Waals surface area contributed by atoms with E-state index in [4.69, 9.17) is 25.8 Å². The number of rotatable bonds is 6. The Balaban J connectivity index is 2.88. The van der Waals surface area contributed by atoms with E-state index >= 15 is 0 Å². The average molecular weight is 255 g/mol. The van der Waals surface area contributed by atoms with Gasteiger partial charge < -0.3 is 14.2 Å². The fourth-order valence-corrected chi connectivity index (χ4v) is 1.45. The largest absolute Gasteiger partial charge is 0.488 e. The minimum absolute atomic E-state index is 0.417. The number of hydrogen-bond donors (Lipinski definition) is 0. The van der Waals surface area contributed by atoms with Crippen LogP contribution in [0.25, 0.3) is 6.08 Å². The minimum atomic E-state index is 0.417.